The van der Waals surface area contributed by atoms with Crippen molar-refractivity contribution in [1.29, 1.82) is 0 Å². The first-order valence-electron chi connectivity index (χ1n) is 9.25. The number of aromatic hydroxyl groups is 1. The van der Waals surface area contributed by atoms with E-state index in [0.29, 0.717) is 23.0 Å². The SMILES string of the molecule is Cc1ccc(/C=C/c2nc(=S)n(CN3CCN(c4ccccc4O)CC3)[nH]2)o1. The van der Waals surface area contributed by atoms with Gasteiger partial charge in [0, 0.05) is 26.2 Å². The van der Waals surface area contributed by atoms with E-state index >= 15 is 0 Å². The molecule has 0 atom stereocenters. The van der Waals surface area contributed by atoms with E-state index in [0.717, 1.165) is 43.4 Å². The molecule has 7 nitrogen and oxygen atoms in total. The van der Waals surface area contributed by atoms with Crippen molar-refractivity contribution in [1.82, 2.24) is 19.7 Å². The zero-order valence-corrected chi connectivity index (χ0v) is 16.5. The number of rotatable bonds is 5. The molecule has 146 valence electrons. The van der Waals surface area contributed by atoms with Gasteiger partial charge in [-0.1, -0.05) is 12.1 Å². The van der Waals surface area contributed by atoms with E-state index in [1.807, 2.05) is 54.1 Å². The van der Waals surface area contributed by atoms with Crippen LogP contribution in [0.15, 0.2) is 40.8 Å². The highest BCUT2D eigenvalue weighted by Gasteiger charge is 2.19. The van der Waals surface area contributed by atoms with Gasteiger partial charge in [0.15, 0.2) is 0 Å². The van der Waals surface area contributed by atoms with Crippen LogP contribution in [0.4, 0.5) is 5.69 Å². The average Bonchev–Trinajstić information content (AvgIpc) is 3.26. The van der Waals surface area contributed by atoms with E-state index in [1.165, 1.54) is 0 Å². The number of aryl methyl sites for hydroxylation is 1. The molecular formula is C20H23N5O2S. The zero-order chi connectivity index (χ0) is 19.5. The molecule has 2 N–H and O–H groups in total. The van der Waals surface area contributed by atoms with Crippen LogP contribution in [-0.2, 0) is 6.67 Å². The molecule has 0 amide bonds. The zero-order valence-electron chi connectivity index (χ0n) is 15.7. The Kier molecular flexibility index (Phi) is 5.31. The minimum atomic E-state index is 0.329. The second-order valence-corrected chi connectivity index (χ2v) is 7.20. The molecule has 3 aromatic rings. The number of anilines is 1. The largest absolute Gasteiger partial charge is 0.506 e. The Morgan fingerprint density at radius 3 is 2.64 bits per heavy atom. The molecule has 0 radical (unpaired) electrons. The highest BCUT2D eigenvalue weighted by Crippen LogP contribution is 2.27. The number of para-hydroxylation sites is 2. The van der Waals surface area contributed by atoms with Crippen molar-refractivity contribution in [3.05, 3.63) is 58.5 Å². The maximum Gasteiger partial charge on any atom is 0.217 e. The van der Waals surface area contributed by atoms with Gasteiger partial charge in [0.2, 0.25) is 4.77 Å². The predicted molar refractivity (Wildman–Crippen MR) is 112 cm³/mol. The van der Waals surface area contributed by atoms with Crippen LogP contribution in [-0.4, -0.2) is 50.9 Å². The van der Waals surface area contributed by atoms with Gasteiger partial charge >= 0.3 is 0 Å². The summed E-state index contributed by atoms with van der Waals surface area (Å²) in [5.74, 6) is 2.69. The van der Waals surface area contributed by atoms with E-state index in [-0.39, 0.29) is 0 Å². The molecule has 1 aliphatic heterocycles. The maximum absolute atomic E-state index is 10.0. The molecule has 1 fully saturated rings. The molecule has 3 heterocycles. The van der Waals surface area contributed by atoms with Gasteiger partial charge in [-0.2, -0.15) is 4.98 Å². The molecule has 1 aromatic carbocycles. The molecule has 0 unspecified atom stereocenters. The molecule has 0 bridgehead atoms. The second-order valence-electron chi connectivity index (χ2n) is 6.84. The molecule has 4 rings (SSSR count). The van der Waals surface area contributed by atoms with Gasteiger partial charge in [0.05, 0.1) is 12.4 Å². The van der Waals surface area contributed by atoms with Crippen LogP contribution in [0.3, 0.4) is 0 Å². The number of nitrogens with zero attached hydrogens (tertiary/aromatic N) is 4. The van der Waals surface area contributed by atoms with Crippen LogP contribution in [0.2, 0.25) is 0 Å². The number of benzene rings is 1. The van der Waals surface area contributed by atoms with E-state index in [9.17, 15) is 5.11 Å². The first-order valence-corrected chi connectivity index (χ1v) is 9.66. The predicted octanol–water partition coefficient (Wildman–Crippen LogP) is 3.50. The molecule has 1 aliphatic rings. The summed E-state index contributed by atoms with van der Waals surface area (Å²) in [6.07, 6.45) is 3.73. The van der Waals surface area contributed by atoms with Crippen molar-refractivity contribution in [2.24, 2.45) is 0 Å². The Labute approximate surface area is 168 Å². The van der Waals surface area contributed by atoms with Crippen molar-refractivity contribution in [3.8, 4) is 5.75 Å². The smallest absolute Gasteiger partial charge is 0.217 e. The van der Waals surface area contributed by atoms with E-state index in [4.69, 9.17) is 16.6 Å². The number of aromatic nitrogens is 3. The summed E-state index contributed by atoms with van der Waals surface area (Å²) < 4.78 is 7.93. The first-order chi connectivity index (χ1) is 13.6. The fourth-order valence-electron chi connectivity index (χ4n) is 3.31. The fourth-order valence-corrected chi connectivity index (χ4v) is 3.51. The molecule has 0 aliphatic carbocycles. The highest BCUT2D eigenvalue weighted by molar-refractivity contribution is 7.71. The monoisotopic (exact) mass is 397 g/mol. The van der Waals surface area contributed by atoms with E-state index in [1.54, 1.807) is 6.07 Å². The van der Waals surface area contributed by atoms with Crippen molar-refractivity contribution in [2.45, 2.75) is 13.6 Å². The van der Waals surface area contributed by atoms with Crippen molar-refractivity contribution >= 4 is 30.1 Å². The number of nitrogens with one attached hydrogen (secondary N) is 1. The molecule has 0 saturated carbocycles. The molecule has 1 saturated heterocycles. The summed E-state index contributed by atoms with van der Waals surface area (Å²) >= 11 is 5.39. The van der Waals surface area contributed by atoms with Gasteiger partial charge in [-0.05, 0) is 55.6 Å². The van der Waals surface area contributed by atoms with Gasteiger partial charge < -0.3 is 14.4 Å². The quantitative estimate of drug-likeness (QED) is 0.642. The lowest BCUT2D eigenvalue weighted by atomic mass is 10.2. The maximum atomic E-state index is 10.0. The molecule has 2 aromatic heterocycles. The summed E-state index contributed by atoms with van der Waals surface area (Å²) in [5, 5.41) is 13.3. The summed E-state index contributed by atoms with van der Waals surface area (Å²) in [6, 6.07) is 11.3. The normalized spacial score (nSPS) is 15.5. The Hall–Kier alpha value is -2.84. The number of hydrogen-bond donors (Lipinski definition) is 2. The number of aromatic amines is 1. The minimum absolute atomic E-state index is 0.329. The van der Waals surface area contributed by atoms with Gasteiger partial charge in [0.1, 0.15) is 23.1 Å². The topological polar surface area (TPSA) is 73.5 Å². The van der Waals surface area contributed by atoms with Crippen LogP contribution >= 0.6 is 12.2 Å². The number of phenolic OH excluding ortho intramolecular Hbond substituents is 1. The van der Waals surface area contributed by atoms with Gasteiger partial charge in [-0.25, -0.2) is 4.68 Å². The standard InChI is InChI=1S/C20H23N5O2S/c1-15-6-7-16(27-15)8-9-19-21-20(28)25(22-19)14-23-10-12-24(13-11-23)17-4-2-3-5-18(17)26/h2-9,26H,10-14H2,1H3,(H,21,22,28)/b9-8+. The molecular weight excluding hydrogens is 374 g/mol. The number of hydrogen-bond acceptors (Lipinski definition) is 6. The first kappa shape index (κ1) is 18.5. The third-order valence-electron chi connectivity index (χ3n) is 4.80. The Morgan fingerprint density at radius 1 is 1.14 bits per heavy atom. The third kappa shape index (κ3) is 4.18. The lowest BCUT2D eigenvalue weighted by Gasteiger charge is -2.36. The Bertz CT molecular complexity index is 1030. The van der Waals surface area contributed by atoms with E-state index < -0.39 is 0 Å². The molecule has 28 heavy (non-hydrogen) atoms. The van der Waals surface area contributed by atoms with Crippen LogP contribution in [0, 0.1) is 11.7 Å². The van der Waals surface area contributed by atoms with Crippen LogP contribution in [0.5, 0.6) is 5.75 Å². The van der Waals surface area contributed by atoms with Gasteiger partial charge in [-0.15, -0.1) is 0 Å². The molecule has 8 heteroatoms. The van der Waals surface area contributed by atoms with Crippen molar-refractivity contribution in [2.75, 3.05) is 31.1 Å². The fraction of sp³-hybridized carbons (Fsp3) is 0.300. The average molecular weight is 398 g/mol. The summed E-state index contributed by atoms with van der Waals surface area (Å²) in [6.45, 7) is 6.04. The summed E-state index contributed by atoms with van der Waals surface area (Å²) in [5.41, 5.74) is 0.890. The number of piperazine rings is 1. The number of H-pyrrole nitrogens is 1. The number of furan rings is 1. The van der Waals surface area contributed by atoms with Gasteiger partial charge in [-0.3, -0.25) is 10.00 Å². The molecule has 0 spiro atoms. The van der Waals surface area contributed by atoms with Crippen LogP contribution in [0.25, 0.3) is 12.2 Å². The number of phenols is 1. The Morgan fingerprint density at radius 2 is 1.93 bits per heavy atom. The second kappa shape index (κ2) is 8.04. The van der Waals surface area contributed by atoms with Gasteiger partial charge in [0.25, 0.3) is 0 Å². The third-order valence-corrected chi connectivity index (χ3v) is 5.11. The van der Waals surface area contributed by atoms with E-state index in [2.05, 4.69) is 19.9 Å². The lowest BCUT2D eigenvalue weighted by Crippen LogP contribution is -2.47. The minimum Gasteiger partial charge on any atom is -0.506 e. The van der Waals surface area contributed by atoms with Crippen molar-refractivity contribution in [3.63, 3.8) is 0 Å². The Balaban J connectivity index is 1.36. The summed E-state index contributed by atoms with van der Waals surface area (Å²) in [4.78, 5) is 8.92. The highest BCUT2D eigenvalue weighted by atomic mass is 32.1. The van der Waals surface area contributed by atoms with Crippen LogP contribution < -0.4 is 4.90 Å². The van der Waals surface area contributed by atoms with Crippen molar-refractivity contribution < 1.29 is 9.52 Å². The summed E-state index contributed by atoms with van der Waals surface area (Å²) in [7, 11) is 0. The lowest BCUT2D eigenvalue weighted by molar-refractivity contribution is 0.194. The van der Waals surface area contributed by atoms with Crippen LogP contribution in [0.1, 0.15) is 17.3 Å².